The molecule has 2 heterocycles. The molecule has 0 saturated heterocycles. The van der Waals surface area contributed by atoms with Gasteiger partial charge < -0.3 is 14.8 Å². The molecule has 3 aromatic rings. The fourth-order valence-corrected chi connectivity index (χ4v) is 4.42. The van der Waals surface area contributed by atoms with Gasteiger partial charge in [-0.2, -0.15) is 0 Å². The maximum Gasteiger partial charge on any atom is 0.264 e. The molecule has 0 fully saturated rings. The van der Waals surface area contributed by atoms with E-state index in [9.17, 15) is 17.6 Å². The van der Waals surface area contributed by atoms with Crippen LogP contribution in [0.25, 0.3) is 0 Å². The van der Waals surface area contributed by atoms with E-state index in [0.717, 1.165) is 11.6 Å². The quantitative estimate of drug-likeness (QED) is 0.579. The van der Waals surface area contributed by atoms with Gasteiger partial charge in [0.15, 0.2) is 11.5 Å². The number of sulfonamides is 1. The Kier molecular flexibility index (Phi) is 5.70. The number of benzene rings is 2. The second-order valence-corrected chi connectivity index (χ2v) is 8.89. The smallest absolute Gasteiger partial charge is 0.264 e. The van der Waals surface area contributed by atoms with Gasteiger partial charge in [-0.15, -0.1) is 0 Å². The summed E-state index contributed by atoms with van der Waals surface area (Å²) >= 11 is 0. The number of methoxy groups -OCH3 is 1. The number of aryl methyl sites for hydroxylation is 2. The molecule has 2 N–H and O–H groups in total. The third-order valence-corrected chi connectivity index (χ3v) is 6.26. The van der Waals surface area contributed by atoms with Crippen LogP contribution in [0.4, 0.5) is 15.8 Å². The van der Waals surface area contributed by atoms with E-state index in [0.29, 0.717) is 23.5 Å². The van der Waals surface area contributed by atoms with Crippen LogP contribution in [0.15, 0.2) is 53.6 Å². The number of rotatable bonds is 6. The first-order valence-corrected chi connectivity index (χ1v) is 11.2. The Morgan fingerprint density at radius 2 is 1.91 bits per heavy atom. The van der Waals surface area contributed by atoms with E-state index in [1.54, 1.807) is 6.07 Å². The van der Waals surface area contributed by atoms with Gasteiger partial charge in [0.2, 0.25) is 11.8 Å². The maximum atomic E-state index is 14.5. The highest BCUT2D eigenvalue weighted by atomic mass is 32.2. The summed E-state index contributed by atoms with van der Waals surface area (Å²) in [7, 11) is -2.69. The van der Waals surface area contributed by atoms with Gasteiger partial charge in [-0.1, -0.05) is 6.07 Å². The first-order chi connectivity index (χ1) is 15.2. The molecule has 0 unspecified atom stereocenters. The third-order valence-electron chi connectivity index (χ3n) is 4.86. The van der Waals surface area contributed by atoms with Crippen LogP contribution in [0.3, 0.4) is 0 Å². The molecular weight excluding hydrogens is 437 g/mol. The number of nitrogens with zero attached hydrogens (tertiary/aromatic N) is 1. The molecule has 0 bridgehead atoms. The van der Waals surface area contributed by atoms with Gasteiger partial charge in [0, 0.05) is 18.2 Å². The second kappa shape index (κ2) is 8.46. The zero-order valence-electron chi connectivity index (χ0n) is 17.3. The number of halogens is 1. The molecule has 32 heavy (non-hydrogen) atoms. The largest absolute Gasteiger partial charge is 0.493 e. The molecule has 1 aliphatic heterocycles. The Hall–Kier alpha value is -3.66. The summed E-state index contributed by atoms with van der Waals surface area (Å²) in [6.45, 7) is 1.92. The fourth-order valence-electron chi connectivity index (χ4n) is 3.27. The van der Waals surface area contributed by atoms with Gasteiger partial charge in [0.1, 0.15) is 10.7 Å². The van der Waals surface area contributed by atoms with Crippen LogP contribution < -0.4 is 19.5 Å². The summed E-state index contributed by atoms with van der Waals surface area (Å²) < 4.78 is 53.3. The molecule has 8 nitrogen and oxygen atoms in total. The predicted molar refractivity (Wildman–Crippen MR) is 116 cm³/mol. The van der Waals surface area contributed by atoms with Crippen LogP contribution in [0.5, 0.6) is 17.4 Å². The van der Waals surface area contributed by atoms with Gasteiger partial charge in [0.05, 0.1) is 19.0 Å². The van der Waals surface area contributed by atoms with Crippen LogP contribution in [-0.4, -0.2) is 26.4 Å². The lowest BCUT2D eigenvalue weighted by atomic mass is 10.0. The van der Waals surface area contributed by atoms with Crippen molar-refractivity contribution in [3.8, 4) is 17.4 Å². The molecule has 10 heteroatoms. The minimum absolute atomic E-state index is 0.138. The van der Waals surface area contributed by atoms with E-state index in [2.05, 4.69) is 15.0 Å². The number of anilines is 2. The first-order valence-electron chi connectivity index (χ1n) is 9.69. The topological polar surface area (TPSA) is 107 Å². The van der Waals surface area contributed by atoms with Crippen LogP contribution in [0.2, 0.25) is 0 Å². The summed E-state index contributed by atoms with van der Waals surface area (Å²) in [5.41, 5.74) is 1.98. The van der Waals surface area contributed by atoms with E-state index in [4.69, 9.17) is 9.47 Å². The monoisotopic (exact) mass is 457 g/mol. The molecule has 1 amide bonds. The second-order valence-electron chi connectivity index (χ2n) is 7.23. The van der Waals surface area contributed by atoms with E-state index < -0.39 is 20.7 Å². The highest BCUT2D eigenvalue weighted by molar-refractivity contribution is 7.92. The van der Waals surface area contributed by atoms with Crippen LogP contribution in [0.1, 0.15) is 17.5 Å². The van der Waals surface area contributed by atoms with Gasteiger partial charge in [-0.05, 0) is 54.8 Å². The van der Waals surface area contributed by atoms with E-state index in [-0.39, 0.29) is 29.6 Å². The molecule has 1 aliphatic rings. The molecule has 2 aromatic carbocycles. The van der Waals surface area contributed by atoms with Crippen molar-refractivity contribution in [2.75, 3.05) is 17.1 Å². The van der Waals surface area contributed by atoms with Crippen molar-refractivity contribution in [1.82, 2.24) is 4.98 Å². The Morgan fingerprint density at radius 1 is 1.09 bits per heavy atom. The van der Waals surface area contributed by atoms with Crippen molar-refractivity contribution in [2.45, 2.75) is 24.7 Å². The molecule has 0 spiro atoms. The fraction of sp³-hybridized carbons (Fsp3) is 0.182. The lowest BCUT2D eigenvalue weighted by molar-refractivity contribution is -0.116. The highest BCUT2D eigenvalue weighted by Gasteiger charge is 2.24. The van der Waals surface area contributed by atoms with E-state index in [1.807, 2.05) is 19.1 Å². The highest BCUT2D eigenvalue weighted by Crippen LogP contribution is 2.32. The average molecular weight is 457 g/mol. The minimum Gasteiger partial charge on any atom is -0.493 e. The summed E-state index contributed by atoms with van der Waals surface area (Å²) in [6.07, 6.45) is 1.81. The summed E-state index contributed by atoms with van der Waals surface area (Å²) in [4.78, 5) is 15.1. The zero-order valence-corrected chi connectivity index (χ0v) is 18.1. The van der Waals surface area contributed by atoms with E-state index >= 15 is 0 Å². The number of aromatic nitrogens is 1. The molecule has 0 aliphatic carbocycles. The minimum atomic E-state index is -4.22. The molecule has 1 aromatic heterocycles. The van der Waals surface area contributed by atoms with Crippen molar-refractivity contribution < 1.29 is 27.1 Å². The number of hydrogen-bond donors (Lipinski definition) is 2. The predicted octanol–water partition coefficient (Wildman–Crippen LogP) is 4.02. The van der Waals surface area contributed by atoms with Gasteiger partial charge in [-0.25, -0.2) is 17.8 Å². The lowest BCUT2D eigenvalue weighted by Crippen LogP contribution is -2.21. The number of nitrogens with one attached hydrogen (secondary N) is 2. The number of carbonyl (C=O) groups excluding carboxylic acids is 1. The van der Waals surface area contributed by atoms with Crippen molar-refractivity contribution in [3.63, 3.8) is 0 Å². The first kappa shape index (κ1) is 21.6. The standard InChI is InChI=1S/C22H20FN3O5S/c1-13-3-6-18(19(9-13)30-2)31-22-8-5-15(12-24-22)26-32(28,29)20-10-14-4-7-21(27)25-17(14)11-16(20)23/h3,5-6,8-12,26H,4,7H2,1-2H3,(H,25,27). The number of carbonyl (C=O) groups is 1. The SMILES string of the molecule is COc1cc(C)ccc1Oc1ccc(NS(=O)(=O)c2cc3c(cc2F)NC(=O)CC3)cn1. The van der Waals surface area contributed by atoms with E-state index in [1.165, 1.54) is 31.5 Å². The lowest BCUT2D eigenvalue weighted by Gasteiger charge is -2.18. The molecule has 0 atom stereocenters. The number of ether oxygens (including phenoxy) is 2. The Morgan fingerprint density at radius 3 is 2.62 bits per heavy atom. The van der Waals surface area contributed by atoms with Crippen LogP contribution in [-0.2, 0) is 21.2 Å². The van der Waals surface area contributed by atoms with Crippen LogP contribution in [0, 0.1) is 12.7 Å². The normalized spacial score (nSPS) is 13.2. The molecule has 0 radical (unpaired) electrons. The molecule has 166 valence electrons. The van der Waals surface area contributed by atoms with Crippen molar-refractivity contribution in [2.24, 2.45) is 0 Å². The Balaban J connectivity index is 1.53. The number of fused-ring (bicyclic) bond motifs is 1. The zero-order chi connectivity index (χ0) is 22.9. The third kappa shape index (κ3) is 4.50. The average Bonchev–Trinajstić information content (AvgIpc) is 2.75. The van der Waals surface area contributed by atoms with Gasteiger partial charge in [-0.3, -0.25) is 9.52 Å². The molecule has 4 rings (SSSR count). The van der Waals surface area contributed by atoms with Crippen molar-refractivity contribution in [1.29, 1.82) is 0 Å². The summed E-state index contributed by atoms with van der Waals surface area (Å²) in [5.74, 6) is 0.0312. The Bertz CT molecular complexity index is 1290. The van der Waals surface area contributed by atoms with Gasteiger partial charge in [0.25, 0.3) is 10.0 Å². The summed E-state index contributed by atoms with van der Waals surface area (Å²) in [5, 5.41) is 2.54. The number of hydrogen-bond acceptors (Lipinski definition) is 6. The maximum absolute atomic E-state index is 14.5. The Labute approximate surface area is 184 Å². The number of amides is 1. The van der Waals surface area contributed by atoms with Gasteiger partial charge >= 0.3 is 0 Å². The van der Waals surface area contributed by atoms with Crippen LogP contribution >= 0.6 is 0 Å². The molecule has 0 saturated carbocycles. The number of pyridine rings is 1. The molecular formula is C22H20FN3O5S. The summed E-state index contributed by atoms with van der Waals surface area (Å²) in [6, 6.07) is 10.6. The van der Waals surface area contributed by atoms with Crippen molar-refractivity contribution in [3.05, 3.63) is 65.6 Å². The van der Waals surface area contributed by atoms with Crippen molar-refractivity contribution >= 4 is 27.3 Å².